The first kappa shape index (κ1) is 17.1. The second kappa shape index (κ2) is 7.80. The number of nitrogens with one attached hydrogen (secondary N) is 2. The van der Waals surface area contributed by atoms with Crippen molar-refractivity contribution < 1.29 is 17.9 Å². The van der Waals surface area contributed by atoms with E-state index >= 15 is 0 Å². The molecule has 0 bridgehead atoms. The molecule has 22 heavy (non-hydrogen) atoms. The zero-order chi connectivity index (χ0) is 16.0. The molecule has 1 aromatic rings. The van der Waals surface area contributed by atoms with Crippen LogP contribution in [0.4, 0.5) is 0 Å². The van der Waals surface area contributed by atoms with Gasteiger partial charge in [-0.1, -0.05) is 0 Å². The Hall–Kier alpha value is -1.31. The number of hydrogen-bond acceptors (Lipinski definition) is 5. The summed E-state index contributed by atoms with van der Waals surface area (Å²) >= 11 is 0. The molecule has 1 aliphatic heterocycles. The van der Waals surface area contributed by atoms with Gasteiger partial charge in [-0.25, -0.2) is 13.1 Å². The number of hydrogen-bond donors (Lipinski definition) is 2. The minimum Gasteiger partial charge on any atom is -0.497 e. The first-order chi connectivity index (χ1) is 10.6. The average molecular weight is 328 g/mol. The maximum atomic E-state index is 12.5. The summed E-state index contributed by atoms with van der Waals surface area (Å²) in [6.45, 7) is 2.45. The highest BCUT2D eigenvalue weighted by Gasteiger charge is 2.21. The van der Waals surface area contributed by atoms with Gasteiger partial charge in [-0.05, 0) is 50.4 Å². The first-order valence-electron chi connectivity index (χ1n) is 7.49. The van der Waals surface area contributed by atoms with Crippen LogP contribution in [0, 0.1) is 5.92 Å². The van der Waals surface area contributed by atoms with Crippen molar-refractivity contribution in [1.82, 2.24) is 10.0 Å². The molecule has 0 amide bonds. The predicted octanol–water partition coefficient (Wildman–Crippen LogP) is 1.37. The van der Waals surface area contributed by atoms with Crippen LogP contribution in [0.2, 0.25) is 0 Å². The van der Waals surface area contributed by atoms with Crippen LogP contribution in [0.5, 0.6) is 11.5 Å². The van der Waals surface area contributed by atoms with Crippen LogP contribution in [0.15, 0.2) is 23.1 Å². The predicted molar refractivity (Wildman–Crippen MR) is 84.9 cm³/mol. The van der Waals surface area contributed by atoms with Gasteiger partial charge < -0.3 is 14.8 Å². The molecule has 6 nitrogen and oxygen atoms in total. The Labute approximate surface area is 132 Å². The fourth-order valence-corrected chi connectivity index (χ4v) is 3.87. The molecule has 1 fully saturated rings. The SMILES string of the molecule is COc1ccc(OC)c(S(=O)(=O)NCCC2CCCNC2)c1. The Morgan fingerprint density at radius 2 is 2.14 bits per heavy atom. The van der Waals surface area contributed by atoms with E-state index in [9.17, 15) is 8.42 Å². The van der Waals surface area contributed by atoms with E-state index in [1.54, 1.807) is 12.1 Å². The van der Waals surface area contributed by atoms with Crippen LogP contribution in [-0.2, 0) is 10.0 Å². The summed E-state index contributed by atoms with van der Waals surface area (Å²) in [5, 5.41) is 3.33. The van der Waals surface area contributed by atoms with Crippen LogP contribution in [0.25, 0.3) is 0 Å². The van der Waals surface area contributed by atoms with Crippen molar-refractivity contribution in [3.63, 3.8) is 0 Å². The molecule has 1 aromatic carbocycles. The monoisotopic (exact) mass is 328 g/mol. The normalized spacial score (nSPS) is 18.9. The highest BCUT2D eigenvalue weighted by atomic mass is 32.2. The smallest absolute Gasteiger partial charge is 0.244 e. The number of rotatable bonds is 7. The quantitative estimate of drug-likeness (QED) is 0.790. The maximum Gasteiger partial charge on any atom is 0.244 e. The van der Waals surface area contributed by atoms with E-state index in [1.165, 1.54) is 20.3 Å². The standard InChI is InChI=1S/C15H24N2O4S/c1-20-13-5-6-14(21-2)15(10-13)22(18,19)17-9-7-12-4-3-8-16-11-12/h5-6,10,12,16-17H,3-4,7-9,11H2,1-2H3. The number of benzene rings is 1. The molecule has 7 heteroatoms. The fraction of sp³-hybridized carbons (Fsp3) is 0.600. The summed E-state index contributed by atoms with van der Waals surface area (Å²) in [6, 6.07) is 4.74. The third kappa shape index (κ3) is 4.34. The van der Waals surface area contributed by atoms with E-state index in [2.05, 4.69) is 10.0 Å². The molecular weight excluding hydrogens is 304 g/mol. The van der Waals surface area contributed by atoms with Gasteiger partial charge in [-0.3, -0.25) is 0 Å². The van der Waals surface area contributed by atoms with Crippen LogP contribution in [-0.4, -0.2) is 42.3 Å². The zero-order valence-electron chi connectivity index (χ0n) is 13.1. The van der Waals surface area contributed by atoms with E-state index in [-0.39, 0.29) is 4.90 Å². The van der Waals surface area contributed by atoms with Crippen molar-refractivity contribution in [2.75, 3.05) is 33.9 Å². The summed E-state index contributed by atoms with van der Waals surface area (Å²) in [4.78, 5) is 0.108. The van der Waals surface area contributed by atoms with Crippen LogP contribution >= 0.6 is 0 Å². The van der Waals surface area contributed by atoms with E-state index < -0.39 is 10.0 Å². The minimum atomic E-state index is -3.61. The molecule has 0 spiro atoms. The van der Waals surface area contributed by atoms with Gasteiger partial charge in [0.15, 0.2) is 0 Å². The van der Waals surface area contributed by atoms with Crippen LogP contribution in [0.1, 0.15) is 19.3 Å². The lowest BCUT2D eigenvalue weighted by Gasteiger charge is -2.22. The van der Waals surface area contributed by atoms with Gasteiger partial charge in [0.05, 0.1) is 14.2 Å². The number of sulfonamides is 1. The topological polar surface area (TPSA) is 76.7 Å². The summed E-state index contributed by atoms with van der Waals surface area (Å²) in [7, 11) is -0.657. The van der Waals surface area contributed by atoms with Crippen molar-refractivity contribution in [3.8, 4) is 11.5 Å². The summed E-state index contributed by atoms with van der Waals surface area (Å²) in [5.74, 6) is 1.33. The molecule has 1 saturated heterocycles. The average Bonchev–Trinajstić information content (AvgIpc) is 2.55. The Morgan fingerprint density at radius 3 is 2.77 bits per heavy atom. The van der Waals surface area contributed by atoms with Crippen molar-refractivity contribution in [2.24, 2.45) is 5.92 Å². The molecule has 2 N–H and O–H groups in total. The Kier molecular flexibility index (Phi) is 6.05. The highest BCUT2D eigenvalue weighted by molar-refractivity contribution is 7.89. The summed E-state index contributed by atoms with van der Waals surface area (Å²) < 4.78 is 37.8. The van der Waals surface area contributed by atoms with Gasteiger partial charge in [0.25, 0.3) is 0 Å². The van der Waals surface area contributed by atoms with Gasteiger partial charge in [0.1, 0.15) is 16.4 Å². The largest absolute Gasteiger partial charge is 0.497 e. The molecule has 0 aromatic heterocycles. The molecule has 1 unspecified atom stereocenters. The fourth-order valence-electron chi connectivity index (χ4n) is 2.64. The van der Waals surface area contributed by atoms with Crippen molar-refractivity contribution in [3.05, 3.63) is 18.2 Å². The van der Waals surface area contributed by atoms with Gasteiger partial charge >= 0.3 is 0 Å². The second-order valence-corrected chi connectivity index (χ2v) is 7.15. The molecule has 1 atom stereocenters. The summed E-state index contributed by atoms with van der Waals surface area (Å²) in [6.07, 6.45) is 3.14. The van der Waals surface area contributed by atoms with Crippen molar-refractivity contribution in [1.29, 1.82) is 0 Å². The minimum absolute atomic E-state index is 0.108. The number of ether oxygens (including phenoxy) is 2. The zero-order valence-corrected chi connectivity index (χ0v) is 13.9. The molecule has 1 aliphatic rings. The Bertz CT molecular complexity index is 583. The van der Waals surface area contributed by atoms with Crippen molar-refractivity contribution in [2.45, 2.75) is 24.2 Å². The number of piperidine rings is 1. The molecule has 0 saturated carbocycles. The van der Waals surface area contributed by atoms with E-state index in [4.69, 9.17) is 9.47 Å². The Morgan fingerprint density at radius 1 is 1.32 bits per heavy atom. The van der Waals surface area contributed by atoms with Gasteiger partial charge in [0, 0.05) is 12.6 Å². The molecule has 2 rings (SSSR count). The molecule has 0 aliphatic carbocycles. The summed E-state index contributed by atoms with van der Waals surface area (Å²) in [5.41, 5.74) is 0. The first-order valence-corrected chi connectivity index (χ1v) is 8.97. The van der Waals surface area contributed by atoms with Crippen LogP contribution < -0.4 is 19.5 Å². The van der Waals surface area contributed by atoms with E-state index in [1.807, 2.05) is 0 Å². The molecule has 0 radical (unpaired) electrons. The number of methoxy groups -OCH3 is 2. The van der Waals surface area contributed by atoms with Gasteiger partial charge in [-0.2, -0.15) is 0 Å². The van der Waals surface area contributed by atoms with Gasteiger partial charge in [-0.15, -0.1) is 0 Å². The van der Waals surface area contributed by atoms with E-state index in [0.717, 1.165) is 32.4 Å². The maximum absolute atomic E-state index is 12.5. The molecular formula is C15H24N2O4S. The second-order valence-electron chi connectivity index (χ2n) is 5.42. The molecule has 1 heterocycles. The Balaban J connectivity index is 2.02. The lowest BCUT2D eigenvalue weighted by molar-refractivity contribution is 0.358. The third-order valence-electron chi connectivity index (χ3n) is 3.90. The van der Waals surface area contributed by atoms with Gasteiger partial charge in [0.2, 0.25) is 10.0 Å². The lowest BCUT2D eigenvalue weighted by atomic mass is 9.96. The van der Waals surface area contributed by atoms with Crippen molar-refractivity contribution >= 4 is 10.0 Å². The van der Waals surface area contributed by atoms with E-state index in [0.29, 0.717) is 24.0 Å². The highest BCUT2D eigenvalue weighted by Crippen LogP contribution is 2.28. The lowest BCUT2D eigenvalue weighted by Crippen LogP contribution is -2.33. The molecule has 124 valence electrons. The third-order valence-corrected chi connectivity index (χ3v) is 5.39. The van der Waals surface area contributed by atoms with Crippen LogP contribution in [0.3, 0.4) is 0 Å².